The van der Waals surface area contributed by atoms with Gasteiger partial charge in [-0.1, -0.05) is 6.07 Å². The van der Waals surface area contributed by atoms with Crippen LogP contribution in [-0.2, 0) is 0 Å². The summed E-state index contributed by atoms with van der Waals surface area (Å²) in [5.41, 5.74) is 0. The van der Waals surface area contributed by atoms with Crippen LogP contribution in [0.2, 0.25) is 0 Å². The molecule has 2 aromatic rings. The minimum absolute atomic E-state index is 0.0734. The summed E-state index contributed by atoms with van der Waals surface area (Å²) < 4.78 is 0. The smallest absolute Gasteiger partial charge is 0.158 e. The molecule has 2 nitrogen and oxygen atoms in total. The first-order valence-electron chi connectivity index (χ1n) is 4.20. The van der Waals surface area contributed by atoms with Gasteiger partial charge in [0.05, 0.1) is 0 Å². The third kappa shape index (κ3) is 1.51. The average molecular weight is 206 g/mol. The van der Waals surface area contributed by atoms with Crippen LogP contribution in [0.15, 0.2) is 35.2 Å². The highest BCUT2D eigenvalue weighted by atomic mass is 32.2. The Labute approximate surface area is 86.2 Å². The maximum atomic E-state index is 9.32. The fourth-order valence-electron chi connectivity index (χ4n) is 1.38. The summed E-state index contributed by atoms with van der Waals surface area (Å²) in [6.45, 7) is 0. The predicted octanol–water partition coefficient (Wildman–Crippen LogP) is 2.97. The van der Waals surface area contributed by atoms with Gasteiger partial charge in [-0.05, 0) is 41.3 Å². The Morgan fingerprint density at radius 1 is 0.929 bits per heavy atom. The van der Waals surface area contributed by atoms with E-state index >= 15 is 0 Å². The van der Waals surface area contributed by atoms with Crippen molar-refractivity contribution in [3.8, 4) is 11.5 Å². The van der Waals surface area contributed by atoms with E-state index in [9.17, 15) is 10.2 Å². The monoisotopic (exact) mass is 206 g/mol. The lowest BCUT2D eigenvalue weighted by Crippen LogP contribution is -1.76. The van der Waals surface area contributed by atoms with E-state index in [1.54, 1.807) is 23.9 Å². The molecule has 0 radical (unpaired) electrons. The van der Waals surface area contributed by atoms with E-state index < -0.39 is 0 Å². The summed E-state index contributed by atoms with van der Waals surface area (Å²) in [6, 6.07) is 9.04. The highest BCUT2D eigenvalue weighted by Crippen LogP contribution is 2.31. The standard InChI is InChI=1S/C11H10O2S/c1-14-9-3-2-7-5-10(12)11(13)6-8(7)4-9/h2-6,12-13H,1H3. The predicted molar refractivity (Wildman–Crippen MR) is 59.1 cm³/mol. The zero-order valence-electron chi connectivity index (χ0n) is 7.69. The Balaban J connectivity index is 2.70. The molecule has 0 saturated heterocycles. The Kier molecular flexibility index (Phi) is 2.25. The minimum atomic E-state index is -0.0746. The van der Waals surface area contributed by atoms with Crippen molar-refractivity contribution >= 4 is 22.5 Å². The van der Waals surface area contributed by atoms with Crippen LogP contribution in [0.25, 0.3) is 10.8 Å². The number of aromatic hydroxyl groups is 2. The van der Waals surface area contributed by atoms with Crippen LogP contribution >= 0.6 is 11.8 Å². The van der Waals surface area contributed by atoms with Crippen molar-refractivity contribution in [2.75, 3.05) is 6.26 Å². The van der Waals surface area contributed by atoms with Gasteiger partial charge in [0.15, 0.2) is 11.5 Å². The maximum Gasteiger partial charge on any atom is 0.158 e. The van der Waals surface area contributed by atoms with Crippen LogP contribution < -0.4 is 0 Å². The first kappa shape index (κ1) is 9.21. The van der Waals surface area contributed by atoms with Gasteiger partial charge < -0.3 is 10.2 Å². The van der Waals surface area contributed by atoms with Crippen LogP contribution in [0.5, 0.6) is 11.5 Å². The second-order valence-corrected chi connectivity index (χ2v) is 3.93. The molecular formula is C11H10O2S. The number of rotatable bonds is 1. The molecule has 0 unspecified atom stereocenters. The van der Waals surface area contributed by atoms with Gasteiger partial charge in [0.1, 0.15) is 0 Å². The highest BCUT2D eigenvalue weighted by Gasteiger charge is 2.02. The van der Waals surface area contributed by atoms with E-state index in [2.05, 4.69) is 0 Å². The molecule has 0 amide bonds. The normalized spacial score (nSPS) is 10.6. The molecule has 0 aliphatic heterocycles. The number of phenolic OH excluding ortho intramolecular Hbond substituents is 2. The van der Waals surface area contributed by atoms with Crippen molar-refractivity contribution in [1.29, 1.82) is 0 Å². The molecular weight excluding hydrogens is 196 g/mol. The molecule has 72 valence electrons. The molecule has 0 spiro atoms. The van der Waals surface area contributed by atoms with E-state index in [0.717, 1.165) is 15.7 Å². The summed E-state index contributed by atoms with van der Waals surface area (Å²) in [5, 5.41) is 20.5. The minimum Gasteiger partial charge on any atom is -0.504 e. The van der Waals surface area contributed by atoms with Gasteiger partial charge in [-0.25, -0.2) is 0 Å². The van der Waals surface area contributed by atoms with E-state index in [4.69, 9.17) is 0 Å². The third-order valence-electron chi connectivity index (χ3n) is 2.14. The Morgan fingerprint density at radius 2 is 1.57 bits per heavy atom. The molecule has 0 bridgehead atoms. The fraction of sp³-hybridized carbons (Fsp3) is 0.0909. The van der Waals surface area contributed by atoms with Crippen molar-refractivity contribution in [3.63, 3.8) is 0 Å². The van der Waals surface area contributed by atoms with Gasteiger partial charge in [-0.15, -0.1) is 11.8 Å². The number of phenols is 2. The molecule has 0 saturated carbocycles. The lowest BCUT2D eigenvalue weighted by atomic mass is 10.1. The van der Waals surface area contributed by atoms with Gasteiger partial charge in [-0.3, -0.25) is 0 Å². The Hall–Kier alpha value is -1.35. The second kappa shape index (κ2) is 3.42. The SMILES string of the molecule is CSc1ccc2cc(O)c(O)cc2c1. The van der Waals surface area contributed by atoms with Gasteiger partial charge in [0.2, 0.25) is 0 Å². The quantitative estimate of drug-likeness (QED) is 0.556. The van der Waals surface area contributed by atoms with Crippen molar-refractivity contribution in [2.24, 2.45) is 0 Å². The summed E-state index contributed by atoms with van der Waals surface area (Å²) in [4.78, 5) is 1.14. The summed E-state index contributed by atoms with van der Waals surface area (Å²) in [7, 11) is 0. The number of hydrogen-bond acceptors (Lipinski definition) is 3. The zero-order chi connectivity index (χ0) is 10.1. The maximum absolute atomic E-state index is 9.32. The lowest BCUT2D eigenvalue weighted by molar-refractivity contribution is 0.405. The third-order valence-corrected chi connectivity index (χ3v) is 2.87. The highest BCUT2D eigenvalue weighted by molar-refractivity contribution is 7.98. The molecule has 0 aromatic heterocycles. The van der Waals surface area contributed by atoms with Crippen LogP contribution in [0.3, 0.4) is 0 Å². The molecule has 0 heterocycles. The number of hydrogen-bond donors (Lipinski definition) is 2. The average Bonchev–Trinajstić information content (AvgIpc) is 2.19. The Morgan fingerprint density at radius 3 is 2.21 bits per heavy atom. The first-order valence-corrected chi connectivity index (χ1v) is 5.43. The van der Waals surface area contributed by atoms with Crippen LogP contribution in [0.4, 0.5) is 0 Å². The zero-order valence-corrected chi connectivity index (χ0v) is 8.51. The van der Waals surface area contributed by atoms with E-state index in [0.29, 0.717) is 0 Å². The van der Waals surface area contributed by atoms with Crippen LogP contribution in [0, 0.1) is 0 Å². The summed E-state index contributed by atoms with van der Waals surface area (Å²) >= 11 is 1.65. The van der Waals surface area contributed by atoms with Crippen LogP contribution in [-0.4, -0.2) is 16.5 Å². The van der Waals surface area contributed by atoms with Gasteiger partial charge in [-0.2, -0.15) is 0 Å². The molecule has 0 atom stereocenters. The van der Waals surface area contributed by atoms with Gasteiger partial charge >= 0.3 is 0 Å². The Bertz CT molecular complexity index is 480. The largest absolute Gasteiger partial charge is 0.504 e. The molecule has 2 rings (SSSR count). The number of thioether (sulfide) groups is 1. The molecule has 0 fully saturated rings. The summed E-state index contributed by atoms with van der Waals surface area (Å²) in [6.07, 6.45) is 2.00. The molecule has 2 aromatic carbocycles. The van der Waals surface area contributed by atoms with Gasteiger partial charge in [0, 0.05) is 4.90 Å². The van der Waals surface area contributed by atoms with Crippen LogP contribution in [0.1, 0.15) is 0 Å². The lowest BCUT2D eigenvalue weighted by Gasteiger charge is -2.03. The second-order valence-electron chi connectivity index (χ2n) is 3.05. The molecule has 14 heavy (non-hydrogen) atoms. The van der Waals surface area contributed by atoms with Crippen molar-refractivity contribution in [3.05, 3.63) is 30.3 Å². The summed E-state index contributed by atoms with van der Waals surface area (Å²) in [5.74, 6) is -0.148. The van der Waals surface area contributed by atoms with Crippen molar-refractivity contribution < 1.29 is 10.2 Å². The van der Waals surface area contributed by atoms with E-state index in [-0.39, 0.29) is 11.5 Å². The fourth-order valence-corrected chi connectivity index (χ4v) is 1.83. The van der Waals surface area contributed by atoms with E-state index in [1.807, 2.05) is 24.5 Å². The topological polar surface area (TPSA) is 40.5 Å². The van der Waals surface area contributed by atoms with E-state index in [1.165, 1.54) is 0 Å². The number of fused-ring (bicyclic) bond motifs is 1. The molecule has 2 N–H and O–H groups in total. The first-order chi connectivity index (χ1) is 6.70. The number of benzene rings is 2. The molecule has 0 aliphatic rings. The van der Waals surface area contributed by atoms with Gasteiger partial charge in [0.25, 0.3) is 0 Å². The molecule has 3 heteroatoms. The van der Waals surface area contributed by atoms with Crippen molar-refractivity contribution in [2.45, 2.75) is 4.90 Å². The molecule has 0 aliphatic carbocycles. The van der Waals surface area contributed by atoms with Crippen molar-refractivity contribution in [1.82, 2.24) is 0 Å².